The van der Waals surface area contributed by atoms with E-state index in [4.69, 9.17) is 11.6 Å². The van der Waals surface area contributed by atoms with Gasteiger partial charge in [-0.2, -0.15) is 0 Å². The lowest BCUT2D eigenvalue weighted by Gasteiger charge is -2.12. The second-order valence-corrected chi connectivity index (χ2v) is 6.16. The predicted molar refractivity (Wildman–Crippen MR) is 96.4 cm³/mol. The average Bonchev–Trinajstić information content (AvgIpc) is 3.02. The first-order valence-electron chi connectivity index (χ1n) is 7.91. The third-order valence-corrected chi connectivity index (χ3v) is 4.62. The Morgan fingerprint density at radius 1 is 1.21 bits per heavy atom. The molecule has 1 aliphatic heterocycles. The van der Waals surface area contributed by atoms with Crippen LogP contribution in [0.5, 0.6) is 0 Å². The molecular weight excluding hydrogens is 322 g/mol. The normalized spacial score (nSPS) is 14.6. The lowest BCUT2D eigenvalue weighted by molar-refractivity contribution is 0.0965. The second-order valence-electron chi connectivity index (χ2n) is 5.75. The van der Waals surface area contributed by atoms with Crippen molar-refractivity contribution in [2.24, 2.45) is 0 Å². The molecule has 4 nitrogen and oxygen atoms in total. The maximum Gasteiger partial charge on any atom is 0.263 e. The number of halogens is 1. The van der Waals surface area contributed by atoms with Crippen LogP contribution in [0.25, 0.3) is 16.6 Å². The van der Waals surface area contributed by atoms with Gasteiger partial charge in [-0.15, -0.1) is 0 Å². The van der Waals surface area contributed by atoms with Crippen LogP contribution in [0.1, 0.15) is 22.3 Å². The Balaban J connectivity index is 1.89. The molecule has 3 aromatic rings. The van der Waals surface area contributed by atoms with Crippen LogP contribution in [0, 0.1) is 0 Å². The molecule has 0 saturated carbocycles. The lowest BCUT2D eigenvalue weighted by atomic mass is 10.0. The zero-order chi connectivity index (χ0) is 16.5. The summed E-state index contributed by atoms with van der Waals surface area (Å²) in [6.07, 6.45) is 6.74. The van der Waals surface area contributed by atoms with Crippen LogP contribution in [0.15, 0.2) is 54.9 Å². The van der Waals surface area contributed by atoms with Crippen molar-refractivity contribution in [2.45, 2.75) is 6.42 Å². The first-order valence-corrected chi connectivity index (χ1v) is 8.29. The number of pyridine rings is 1. The number of carbonyl (C=O) groups is 1. The van der Waals surface area contributed by atoms with Crippen molar-refractivity contribution in [3.63, 3.8) is 0 Å². The Hall–Kier alpha value is -2.43. The summed E-state index contributed by atoms with van der Waals surface area (Å²) in [5.74, 6) is -0.139. The van der Waals surface area contributed by atoms with Gasteiger partial charge in [-0.25, -0.2) is 0 Å². The molecule has 1 N–H and O–H groups in total. The van der Waals surface area contributed by atoms with E-state index in [0.717, 1.165) is 36.1 Å². The zero-order valence-electron chi connectivity index (χ0n) is 13.0. The van der Waals surface area contributed by atoms with E-state index >= 15 is 0 Å². The third kappa shape index (κ3) is 2.54. The van der Waals surface area contributed by atoms with Gasteiger partial charge in [0.1, 0.15) is 0 Å². The Labute approximate surface area is 144 Å². The first kappa shape index (κ1) is 15.1. The highest BCUT2D eigenvalue weighted by Gasteiger charge is 2.20. The highest BCUT2D eigenvalue weighted by atomic mass is 35.5. The number of carbonyl (C=O) groups excluding carboxylic acids is 1. The van der Waals surface area contributed by atoms with Crippen LogP contribution in [0.2, 0.25) is 5.02 Å². The number of hydrogen-bond acceptors (Lipinski definition) is 3. The number of nitrogens with one attached hydrogen (secondary N) is 1. The largest absolute Gasteiger partial charge is 0.313 e. The van der Waals surface area contributed by atoms with Crippen LogP contribution < -0.4 is 5.32 Å². The molecule has 0 saturated heterocycles. The minimum atomic E-state index is -0.139. The molecule has 0 bridgehead atoms. The summed E-state index contributed by atoms with van der Waals surface area (Å²) in [5.41, 5.74) is 4.39. The Bertz CT molecular complexity index is 958. The monoisotopic (exact) mass is 337 g/mol. The number of aromatic nitrogens is 2. The van der Waals surface area contributed by atoms with Gasteiger partial charge in [0, 0.05) is 24.5 Å². The number of nitrogens with zero attached hydrogens (tertiary/aromatic N) is 2. The van der Waals surface area contributed by atoms with Gasteiger partial charge in [-0.1, -0.05) is 29.8 Å². The predicted octanol–water partition coefficient (Wildman–Crippen LogP) is 3.75. The smallest absolute Gasteiger partial charge is 0.263 e. The van der Waals surface area contributed by atoms with Crippen molar-refractivity contribution in [1.82, 2.24) is 14.9 Å². The fourth-order valence-corrected chi connectivity index (χ4v) is 3.31. The summed E-state index contributed by atoms with van der Waals surface area (Å²) in [6.45, 7) is 1.77. The van der Waals surface area contributed by atoms with E-state index in [-0.39, 0.29) is 5.91 Å². The van der Waals surface area contributed by atoms with E-state index in [1.165, 1.54) is 5.57 Å². The van der Waals surface area contributed by atoms with Crippen LogP contribution in [0.4, 0.5) is 0 Å². The molecule has 0 unspecified atom stereocenters. The summed E-state index contributed by atoms with van der Waals surface area (Å²) < 4.78 is 1.65. The Morgan fingerprint density at radius 2 is 2.08 bits per heavy atom. The second kappa shape index (κ2) is 6.23. The summed E-state index contributed by atoms with van der Waals surface area (Å²) in [5, 5.41) is 3.76. The molecule has 1 aliphatic rings. The molecule has 0 radical (unpaired) electrons. The molecule has 0 spiro atoms. The van der Waals surface area contributed by atoms with E-state index < -0.39 is 0 Å². The highest BCUT2D eigenvalue weighted by Crippen LogP contribution is 2.29. The van der Waals surface area contributed by atoms with Crippen molar-refractivity contribution in [2.75, 3.05) is 13.1 Å². The van der Waals surface area contributed by atoms with E-state index in [1.807, 2.05) is 30.5 Å². The van der Waals surface area contributed by atoms with Gasteiger partial charge in [-0.05, 0) is 42.8 Å². The van der Waals surface area contributed by atoms with Crippen LogP contribution in [-0.4, -0.2) is 28.5 Å². The van der Waals surface area contributed by atoms with E-state index in [0.29, 0.717) is 10.6 Å². The van der Waals surface area contributed by atoms with Crippen molar-refractivity contribution in [3.05, 3.63) is 71.0 Å². The van der Waals surface area contributed by atoms with Gasteiger partial charge >= 0.3 is 0 Å². The Kier molecular flexibility index (Phi) is 3.92. The Morgan fingerprint density at radius 3 is 2.88 bits per heavy atom. The third-order valence-electron chi connectivity index (χ3n) is 4.29. The van der Waals surface area contributed by atoms with Crippen molar-refractivity contribution in [1.29, 1.82) is 0 Å². The summed E-state index contributed by atoms with van der Waals surface area (Å²) >= 11 is 6.21. The molecule has 120 valence electrons. The van der Waals surface area contributed by atoms with Gasteiger partial charge in [0.25, 0.3) is 5.91 Å². The number of fused-ring (bicyclic) bond motifs is 1. The van der Waals surface area contributed by atoms with Gasteiger partial charge in [0.2, 0.25) is 0 Å². The summed E-state index contributed by atoms with van der Waals surface area (Å²) in [4.78, 5) is 17.5. The fraction of sp³-hybridized carbons (Fsp3) is 0.158. The van der Waals surface area contributed by atoms with Crippen LogP contribution >= 0.6 is 11.6 Å². The van der Waals surface area contributed by atoms with Crippen molar-refractivity contribution < 1.29 is 4.79 Å². The standard InChI is InChI=1S/C19H16ClN3O/c20-16-5-2-1-4-14(16)19(24)23-12-15(13-7-10-21-11-8-13)18-17(23)6-3-9-22-18/h1-7,9,12,21H,8,10-11H2. The van der Waals surface area contributed by atoms with Gasteiger partial charge in [0.05, 0.1) is 21.6 Å². The maximum atomic E-state index is 13.0. The molecular formula is C19H16ClN3O. The maximum absolute atomic E-state index is 13.0. The fourth-order valence-electron chi connectivity index (χ4n) is 3.09. The summed E-state index contributed by atoms with van der Waals surface area (Å²) in [6, 6.07) is 10.9. The number of hydrogen-bond donors (Lipinski definition) is 1. The van der Waals surface area contributed by atoms with Crippen molar-refractivity contribution >= 4 is 34.1 Å². The number of rotatable bonds is 2. The molecule has 2 aromatic heterocycles. The minimum absolute atomic E-state index is 0.139. The van der Waals surface area contributed by atoms with Crippen LogP contribution in [-0.2, 0) is 0 Å². The molecule has 24 heavy (non-hydrogen) atoms. The molecule has 3 heterocycles. The molecule has 4 rings (SSSR count). The average molecular weight is 338 g/mol. The summed E-state index contributed by atoms with van der Waals surface area (Å²) in [7, 11) is 0. The van der Waals surface area contributed by atoms with Crippen molar-refractivity contribution in [3.8, 4) is 0 Å². The van der Waals surface area contributed by atoms with Crippen LogP contribution in [0.3, 0.4) is 0 Å². The highest BCUT2D eigenvalue weighted by molar-refractivity contribution is 6.34. The van der Waals surface area contributed by atoms with Gasteiger partial charge in [0.15, 0.2) is 0 Å². The molecule has 0 amide bonds. The number of benzene rings is 1. The molecule has 0 aliphatic carbocycles. The van der Waals surface area contributed by atoms with E-state index in [9.17, 15) is 4.79 Å². The molecule has 5 heteroatoms. The van der Waals surface area contributed by atoms with E-state index in [1.54, 1.807) is 22.9 Å². The molecule has 0 atom stereocenters. The molecule has 1 aromatic carbocycles. The quantitative estimate of drug-likeness (QED) is 0.774. The topological polar surface area (TPSA) is 46.9 Å². The molecule has 0 fully saturated rings. The van der Waals surface area contributed by atoms with E-state index in [2.05, 4.69) is 16.4 Å². The minimum Gasteiger partial charge on any atom is -0.313 e. The first-order chi connectivity index (χ1) is 11.8. The van der Waals surface area contributed by atoms with Gasteiger partial charge < -0.3 is 5.32 Å². The zero-order valence-corrected chi connectivity index (χ0v) is 13.8. The SMILES string of the molecule is O=C(c1ccccc1Cl)n1cc(C2=CCNCC2)c2ncccc21. The lowest BCUT2D eigenvalue weighted by Crippen LogP contribution is -2.20. The van der Waals surface area contributed by atoms with Gasteiger partial charge in [-0.3, -0.25) is 14.3 Å².